The van der Waals surface area contributed by atoms with Crippen LogP contribution in [0.4, 0.5) is 0 Å². The minimum absolute atomic E-state index is 0.171. The molecular formula is C49H87O10P. The van der Waals surface area contributed by atoms with Crippen LogP contribution in [0, 0.1) is 0 Å². The highest BCUT2D eigenvalue weighted by atomic mass is 31.2. The molecular weight excluding hydrogens is 780 g/mol. The average Bonchev–Trinajstić information content (AvgIpc) is 3.24. The number of carbonyl (C=O) groups excluding carboxylic acids is 2. The number of hydrogen-bond donors (Lipinski definition) is 3. The molecule has 3 unspecified atom stereocenters. The Morgan fingerprint density at radius 1 is 0.517 bits per heavy atom. The highest BCUT2D eigenvalue weighted by molar-refractivity contribution is 7.47. The van der Waals surface area contributed by atoms with Gasteiger partial charge in [0.2, 0.25) is 0 Å². The van der Waals surface area contributed by atoms with E-state index in [9.17, 15) is 24.2 Å². The van der Waals surface area contributed by atoms with Crippen molar-refractivity contribution < 1.29 is 47.8 Å². The molecule has 0 heterocycles. The molecule has 0 amide bonds. The van der Waals surface area contributed by atoms with E-state index in [2.05, 4.69) is 74.6 Å². The molecule has 3 atom stereocenters. The van der Waals surface area contributed by atoms with Crippen molar-refractivity contribution >= 4 is 19.8 Å². The van der Waals surface area contributed by atoms with Gasteiger partial charge in [-0.15, -0.1) is 0 Å². The van der Waals surface area contributed by atoms with Crippen LogP contribution in [-0.4, -0.2) is 65.7 Å². The van der Waals surface area contributed by atoms with Crippen molar-refractivity contribution in [1.82, 2.24) is 0 Å². The fourth-order valence-electron chi connectivity index (χ4n) is 6.27. The molecule has 3 N–H and O–H groups in total. The Balaban J connectivity index is 4.26. The molecule has 0 aromatic rings. The maximum absolute atomic E-state index is 12.7. The summed E-state index contributed by atoms with van der Waals surface area (Å²) in [4.78, 5) is 35.1. The van der Waals surface area contributed by atoms with Gasteiger partial charge >= 0.3 is 19.8 Å². The van der Waals surface area contributed by atoms with Gasteiger partial charge in [0.25, 0.3) is 0 Å². The maximum Gasteiger partial charge on any atom is 0.472 e. The zero-order valence-corrected chi connectivity index (χ0v) is 38.8. The van der Waals surface area contributed by atoms with E-state index in [4.69, 9.17) is 23.6 Å². The number of aliphatic hydroxyl groups is 2. The quantitative estimate of drug-likeness (QED) is 0.0234. The van der Waals surface area contributed by atoms with Gasteiger partial charge in [0.05, 0.1) is 19.8 Å². The molecule has 0 bridgehead atoms. The van der Waals surface area contributed by atoms with Gasteiger partial charge in [0.15, 0.2) is 6.10 Å². The van der Waals surface area contributed by atoms with Crippen LogP contribution in [0.2, 0.25) is 0 Å². The third-order valence-electron chi connectivity index (χ3n) is 9.91. The smallest absolute Gasteiger partial charge is 0.462 e. The van der Waals surface area contributed by atoms with Crippen LogP contribution in [0.15, 0.2) is 60.8 Å². The molecule has 0 fully saturated rings. The Bertz CT molecular complexity index is 1180. The SMILES string of the molecule is CC/C=C\C/C=C\C/C=C\C/C=C\CCCCCCCCCCC(=O)OC(COC(=O)CCCCCCC/C=C\CCCCCCCCC)COP(=O)(O)OCC(O)CO. The van der Waals surface area contributed by atoms with Crippen molar-refractivity contribution in [2.24, 2.45) is 0 Å². The zero-order chi connectivity index (χ0) is 44.0. The average molecular weight is 867 g/mol. The summed E-state index contributed by atoms with van der Waals surface area (Å²) in [6.45, 7) is 2.26. The molecule has 348 valence electrons. The van der Waals surface area contributed by atoms with Gasteiger partial charge in [-0.25, -0.2) is 4.57 Å². The van der Waals surface area contributed by atoms with Gasteiger partial charge in [-0.2, -0.15) is 0 Å². The van der Waals surface area contributed by atoms with Gasteiger partial charge < -0.3 is 24.6 Å². The zero-order valence-electron chi connectivity index (χ0n) is 37.9. The van der Waals surface area contributed by atoms with Crippen LogP contribution < -0.4 is 0 Å². The molecule has 0 spiro atoms. The van der Waals surface area contributed by atoms with Crippen molar-refractivity contribution in [3.8, 4) is 0 Å². The normalized spacial score (nSPS) is 14.3. The summed E-state index contributed by atoms with van der Waals surface area (Å²) in [5.74, 6) is -0.943. The minimum Gasteiger partial charge on any atom is -0.462 e. The van der Waals surface area contributed by atoms with E-state index in [1.165, 1.54) is 77.0 Å². The number of carbonyl (C=O) groups is 2. The fraction of sp³-hybridized carbons (Fsp3) is 0.755. The minimum atomic E-state index is -4.63. The predicted octanol–water partition coefficient (Wildman–Crippen LogP) is 13.1. The summed E-state index contributed by atoms with van der Waals surface area (Å²) in [7, 11) is -4.63. The number of hydrogen-bond acceptors (Lipinski definition) is 9. The van der Waals surface area contributed by atoms with E-state index in [0.717, 1.165) is 83.5 Å². The van der Waals surface area contributed by atoms with Gasteiger partial charge in [0, 0.05) is 12.8 Å². The number of unbranched alkanes of at least 4 members (excludes halogenated alkanes) is 20. The van der Waals surface area contributed by atoms with E-state index >= 15 is 0 Å². The Labute approximate surface area is 366 Å². The van der Waals surface area contributed by atoms with Gasteiger partial charge in [-0.1, -0.05) is 171 Å². The molecule has 11 heteroatoms. The number of phosphoric acid groups is 1. The number of rotatable bonds is 44. The Morgan fingerprint density at radius 2 is 0.917 bits per heavy atom. The monoisotopic (exact) mass is 867 g/mol. The molecule has 60 heavy (non-hydrogen) atoms. The second-order valence-electron chi connectivity index (χ2n) is 15.7. The van der Waals surface area contributed by atoms with Crippen molar-refractivity contribution in [3.05, 3.63) is 60.8 Å². The molecule has 0 aliphatic carbocycles. The fourth-order valence-corrected chi connectivity index (χ4v) is 7.06. The number of aliphatic hydroxyl groups excluding tert-OH is 2. The molecule has 0 aromatic heterocycles. The maximum atomic E-state index is 12.7. The summed E-state index contributed by atoms with van der Waals surface area (Å²) in [5, 5.41) is 18.4. The molecule has 0 rings (SSSR count). The predicted molar refractivity (Wildman–Crippen MR) is 247 cm³/mol. The second kappa shape index (κ2) is 44.7. The van der Waals surface area contributed by atoms with Crippen molar-refractivity contribution in [2.45, 2.75) is 212 Å². The molecule has 0 aliphatic heterocycles. The van der Waals surface area contributed by atoms with E-state index < -0.39 is 51.8 Å². The molecule has 0 radical (unpaired) electrons. The number of phosphoric ester groups is 1. The van der Waals surface area contributed by atoms with E-state index in [1.807, 2.05) is 0 Å². The molecule has 0 aromatic carbocycles. The largest absolute Gasteiger partial charge is 0.472 e. The Kier molecular flexibility index (Phi) is 43.0. The standard InChI is InChI=1S/C49H87O10P/c1-3-5-7-9-11-13-15-17-19-21-22-23-24-25-27-29-31-33-35-37-39-41-49(53)59-47(45-58-60(54,55)57-43-46(51)42-50)44-56-48(52)40-38-36-34-32-30-28-26-20-18-16-14-12-10-8-6-4-2/h5,7,11,13,17,19-20,22-23,26,46-47,50-51H,3-4,6,8-10,12,14-16,18,21,24-25,27-45H2,1-2H3,(H,54,55)/b7-5-,13-11-,19-17-,23-22-,26-20-. The number of ether oxygens (including phenoxy) is 2. The summed E-state index contributed by atoms with van der Waals surface area (Å²) >= 11 is 0. The molecule has 10 nitrogen and oxygen atoms in total. The van der Waals surface area contributed by atoms with Crippen molar-refractivity contribution in [3.63, 3.8) is 0 Å². The first-order chi connectivity index (χ1) is 29.2. The van der Waals surface area contributed by atoms with E-state index in [0.29, 0.717) is 12.8 Å². The topological polar surface area (TPSA) is 149 Å². The first-order valence-electron chi connectivity index (χ1n) is 23.7. The lowest BCUT2D eigenvalue weighted by Crippen LogP contribution is -2.29. The van der Waals surface area contributed by atoms with Crippen LogP contribution in [-0.2, 0) is 32.7 Å². The van der Waals surface area contributed by atoms with Crippen LogP contribution >= 0.6 is 7.82 Å². The van der Waals surface area contributed by atoms with Gasteiger partial charge in [-0.3, -0.25) is 18.6 Å². The Hall–Kier alpha value is -2.33. The first kappa shape index (κ1) is 57.7. The van der Waals surface area contributed by atoms with E-state index in [-0.39, 0.29) is 19.4 Å². The Morgan fingerprint density at radius 3 is 1.40 bits per heavy atom. The van der Waals surface area contributed by atoms with Crippen LogP contribution in [0.3, 0.4) is 0 Å². The van der Waals surface area contributed by atoms with Crippen LogP contribution in [0.1, 0.15) is 200 Å². The van der Waals surface area contributed by atoms with Crippen molar-refractivity contribution in [1.29, 1.82) is 0 Å². The highest BCUT2D eigenvalue weighted by Gasteiger charge is 2.27. The number of esters is 2. The lowest BCUT2D eigenvalue weighted by atomic mass is 10.1. The summed E-state index contributed by atoms with van der Waals surface area (Å²) < 4.78 is 32.8. The van der Waals surface area contributed by atoms with E-state index in [1.54, 1.807) is 0 Å². The van der Waals surface area contributed by atoms with Crippen LogP contribution in [0.25, 0.3) is 0 Å². The highest BCUT2D eigenvalue weighted by Crippen LogP contribution is 2.43. The lowest BCUT2D eigenvalue weighted by molar-refractivity contribution is -0.161. The van der Waals surface area contributed by atoms with Gasteiger partial charge in [-0.05, 0) is 77.0 Å². The first-order valence-corrected chi connectivity index (χ1v) is 25.2. The third kappa shape index (κ3) is 43.7. The third-order valence-corrected chi connectivity index (χ3v) is 10.9. The summed E-state index contributed by atoms with van der Waals surface area (Å²) in [6, 6.07) is 0. The summed E-state index contributed by atoms with van der Waals surface area (Å²) in [6.07, 6.45) is 50.4. The second-order valence-corrected chi connectivity index (χ2v) is 17.2. The molecule has 0 aliphatic rings. The molecule has 0 saturated heterocycles. The number of allylic oxidation sites excluding steroid dienone is 10. The summed E-state index contributed by atoms with van der Waals surface area (Å²) in [5.41, 5.74) is 0. The molecule has 0 saturated carbocycles. The van der Waals surface area contributed by atoms with Crippen LogP contribution in [0.5, 0.6) is 0 Å². The lowest BCUT2D eigenvalue weighted by Gasteiger charge is -2.20. The van der Waals surface area contributed by atoms with Gasteiger partial charge in [0.1, 0.15) is 12.7 Å². The van der Waals surface area contributed by atoms with Crippen molar-refractivity contribution in [2.75, 3.05) is 26.4 Å².